The van der Waals surface area contributed by atoms with E-state index in [1.165, 1.54) is 11.1 Å². The SMILES string of the molecule is COc1ccc(CN(Cc2ccc(OC)cc2)C(C)C)cc1. The quantitative estimate of drug-likeness (QED) is 0.768. The van der Waals surface area contributed by atoms with Crippen molar-refractivity contribution in [3.05, 3.63) is 59.7 Å². The van der Waals surface area contributed by atoms with E-state index in [1.54, 1.807) is 14.2 Å². The van der Waals surface area contributed by atoms with Gasteiger partial charge in [0.1, 0.15) is 11.5 Å². The van der Waals surface area contributed by atoms with E-state index < -0.39 is 0 Å². The molecule has 0 amide bonds. The second kappa shape index (κ2) is 7.85. The zero-order chi connectivity index (χ0) is 15.9. The minimum atomic E-state index is 0.476. The predicted molar refractivity (Wildman–Crippen MR) is 90.4 cm³/mol. The number of benzene rings is 2. The number of nitrogens with zero attached hydrogens (tertiary/aromatic N) is 1. The summed E-state index contributed by atoms with van der Waals surface area (Å²) >= 11 is 0. The van der Waals surface area contributed by atoms with E-state index in [0.717, 1.165) is 24.6 Å². The monoisotopic (exact) mass is 299 g/mol. The van der Waals surface area contributed by atoms with Crippen molar-refractivity contribution >= 4 is 0 Å². The Bertz CT molecular complexity index is 511. The molecule has 0 N–H and O–H groups in total. The van der Waals surface area contributed by atoms with Crippen LogP contribution in [0.2, 0.25) is 0 Å². The summed E-state index contributed by atoms with van der Waals surface area (Å²) in [6.45, 7) is 6.31. The number of rotatable bonds is 7. The van der Waals surface area contributed by atoms with Crippen LogP contribution < -0.4 is 9.47 Å². The molecular formula is C19H25NO2. The van der Waals surface area contributed by atoms with Crippen molar-refractivity contribution in [2.45, 2.75) is 33.0 Å². The third-order valence-corrected chi connectivity index (χ3v) is 3.82. The third kappa shape index (κ3) is 4.50. The minimum absolute atomic E-state index is 0.476. The van der Waals surface area contributed by atoms with E-state index in [1.807, 2.05) is 24.3 Å². The molecule has 0 aliphatic heterocycles. The van der Waals surface area contributed by atoms with Crippen molar-refractivity contribution in [3.63, 3.8) is 0 Å². The Hall–Kier alpha value is -2.00. The Balaban J connectivity index is 2.05. The summed E-state index contributed by atoms with van der Waals surface area (Å²) in [4.78, 5) is 2.45. The van der Waals surface area contributed by atoms with Gasteiger partial charge in [-0.2, -0.15) is 0 Å². The Kier molecular flexibility index (Phi) is 5.84. The van der Waals surface area contributed by atoms with E-state index in [9.17, 15) is 0 Å². The van der Waals surface area contributed by atoms with Gasteiger partial charge in [0.15, 0.2) is 0 Å². The van der Waals surface area contributed by atoms with Crippen molar-refractivity contribution < 1.29 is 9.47 Å². The molecule has 0 unspecified atom stereocenters. The average Bonchev–Trinajstić information content (AvgIpc) is 2.55. The van der Waals surface area contributed by atoms with E-state index >= 15 is 0 Å². The van der Waals surface area contributed by atoms with Crippen molar-refractivity contribution in [2.24, 2.45) is 0 Å². The zero-order valence-electron chi connectivity index (χ0n) is 13.9. The standard InChI is InChI=1S/C19H25NO2/c1-15(2)20(13-16-5-9-18(21-3)10-6-16)14-17-7-11-19(22-4)12-8-17/h5-12,15H,13-14H2,1-4H3. The van der Waals surface area contributed by atoms with Crippen LogP contribution in [0, 0.1) is 0 Å². The van der Waals surface area contributed by atoms with Gasteiger partial charge >= 0.3 is 0 Å². The van der Waals surface area contributed by atoms with Crippen LogP contribution >= 0.6 is 0 Å². The van der Waals surface area contributed by atoms with Gasteiger partial charge in [-0.3, -0.25) is 4.90 Å². The summed E-state index contributed by atoms with van der Waals surface area (Å²) in [5, 5.41) is 0. The first kappa shape index (κ1) is 16.4. The molecule has 22 heavy (non-hydrogen) atoms. The van der Waals surface area contributed by atoms with Gasteiger partial charge in [0, 0.05) is 19.1 Å². The lowest BCUT2D eigenvalue weighted by Gasteiger charge is -2.26. The highest BCUT2D eigenvalue weighted by molar-refractivity contribution is 5.28. The van der Waals surface area contributed by atoms with Gasteiger partial charge in [0.2, 0.25) is 0 Å². The lowest BCUT2D eigenvalue weighted by molar-refractivity contribution is 0.203. The molecule has 2 rings (SSSR count). The first-order valence-corrected chi connectivity index (χ1v) is 7.62. The lowest BCUT2D eigenvalue weighted by atomic mass is 10.1. The summed E-state index contributed by atoms with van der Waals surface area (Å²) in [5.74, 6) is 1.80. The highest BCUT2D eigenvalue weighted by atomic mass is 16.5. The fourth-order valence-corrected chi connectivity index (χ4v) is 2.35. The molecule has 0 aromatic heterocycles. The second-order valence-electron chi connectivity index (χ2n) is 5.69. The van der Waals surface area contributed by atoms with Gasteiger partial charge in [0.25, 0.3) is 0 Å². The summed E-state index contributed by atoms with van der Waals surface area (Å²) in [7, 11) is 3.39. The van der Waals surface area contributed by atoms with Crippen molar-refractivity contribution in [1.82, 2.24) is 4.90 Å². The maximum Gasteiger partial charge on any atom is 0.118 e. The minimum Gasteiger partial charge on any atom is -0.497 e. The maximum absolute atomic E-state index is 5.21. The van der Waals surface area contributed by atoms with Gasteiger partial charge in [-0.15, -0.1) is 0 Å². The molecule has 0 heterocycles. The maximum atomic E-state index is 5.21. The van der Waals surface area contributed by atoms with E-state index in [2.05, 4.69) is 43.0 Å². The number of ether oxygens (including phenoxy) is 2. The number of hydrogen-bond donors (Lipinski definition) is 0. The Labute approximate surface area is 133 Å². The fraction of sp³-hybridized carbons (Fsp3) is 0.368. The van der Waals surface area contributed by atoms with Crippen LogP contribution in [-0.4, -0.2) is 25.2 Å². The van der Waals surface area contributed by atoms with Crippen molar-refractivity contribution in [2.75, 3.05) is 14.2 Å². The molecule has 2 aromatic carbocycles. The molecule has 118 valence electrons. The highest BCUT2D eigenvalue weighted by Crippen LogP contribution is 2.18. The first-order chi connectivity index (χ1) is 10.6. The molecule has 0 radical (unpaired) electrons. The smallest absolute Gasteiger partial charge is 0.118 e. The van der Waals surface area contributed by atoms with Crippen molar-refractivity contribution in [3.8, 4) is 11.5 Å². The molecule has 0 saturated carbocycles. The largest absolute Gasteiger partial charge is 0.497 e. The normalized spacial score (nSPS) is 11.0. The van der Waals surface area contributed by atoms with E-state index in [4.69, 9.17) is 9.47 Å². The Morgan fingerprint density at radius 2 is 1.09 bits per heavy atom. The number of methoxy groups -OCH3 is 2. The van der Waals surface area contributed by atoms with Crippen LogP contribution in [0.3, 0.4) is 0 Å². The zero-order valence-corrected chi connectivity index (χ0v) is 13.9. The summed E-state index contributed by atoms with van der Waals surface area (Å²) in [6.07, 6.45) is 0. The third-order valence-electron chi connectivity index (χ3n) is 3.82. The fourth-order valence-electron chi connectivity index (χ4n) is 2.35. The van der Waals surface area contributed by atoms with Gasteiger partial charge in [-0.1, -0.05) is 24.3 Å². The molecule has 0 aliphatic rings. The van der Waals surface area contributed by atoms with Crippen LogP contribution in [0.1, 0.15) is 25.0 Å². The first-order valence-electron chi connectivity index (χ1n) is 7.62. The van der Waals surface area contributed by atoms with E-state index in [-0.39, 0.29) is 0 Å². The predicted octanol–water partition coefficient (Wildman–Crippen LogP) is 4.11. The van der Waals surface area contributed by atoms with Crippen molar-refractivity contribution in [1.29, 1.82) is 0 Å². The molecule has 0 bridgehead atoms. The highest BCUT2D eigenvalue weighted by Gasteiger charge is 2.11. The second-order valence-corrected chi connectivity index (χ2v) is 5.69. The van der Waals surface area contributed by atoms with Gasteiger partial charge < -0.3 is 9.47 Å². The van der Waals surface area contributed by atoms with Crippen LogP contribution in [-0.2, 0) is 13.1 Å². The lowest BCUT2D eigenvalue weighted by Crippen LogP contribution is -2.29. The summed E-state index contributed by atoms with van der Waals surface area (Å²) in [5.41, 5.74) is 2.59. The molecule has 0 saturated heterocycles. The number of hydrogen-bond acceptors (Lipinski definition) is 3. The summed E-state index contributed by atoms with van der Waals surface area (Å²) in [6, 6.07) is 17.0. The summed E-state index contributed by atoms with van der Waals surface area (Å²) < 4.78 is 10.4. The molecule has 0 spiro atoms. The van der Waals surface area contributed by atoms with Crippen LogP contribution in [0.5, 0.6) is 11.5 Å². The molecule has 2 aromatic rings. The molecule has 3 nitrogen and oxygen atoms in total. The van der Waals surface area contributed by atoms with Gasteiger partial charge in [-0.25, -0.2) is 0 Å². The molecule has 0 aliphatic carbocycles. The van der Waals surface area contributed by atoms with Crippen LogP contribution in [0.15, 0.2) is 48.5 Å². The molecule has 0 atom stereocenters. The molecule has 3 heteroatoms. The molecule has 0 fully saturated rings. The topological polar surface area (TPSA) is 21.7 Å². The van der Waals surface area contributed by atoms with E-state index in [0.29, 0.717) is 6.04 Å². The van der Waals surface area contributed by atoms with Gasteiger partial charge in [-0.05, 0) is 49.2 Å². The van der Waals surface area contributed by atoms with Gasteiger partial charge in [0.05, 0.1) is 14.2 Å². The Morgan fingerprint density at radius 3 is 1.36 bits per heavy atom. The van der Waals surface area contributed by atoms with Crippen LogP contribution in [0.4, 0.5) is 0 Å². The molecular weight excluding hydrogens is 274 g/mol. The van der Waals surface area contributed by atoms with Crippen LogP contribution in [0.25, 0.3) is 0 Å². The Morgan fingerprint density at radius 1 is 0.727 bits per heavy atom. The average molecular weight is 299 g/mol.